The van der Waals surface area contributed by atoms with Gasteiger partial charge in [-0.05, 0) is 43.0 Å². The van der Waals surface area contributed by atoms with Crippen molar-refractivity contribution in [3.05, 3.63) is 29.8 Å². The highest BCUT2D eigenvalue weighted by Crippen LogP contribution is 2.38. The van der Waals surface area contributed by atoms with Gasteiger partial charge in [0.1, 0.15) is 0 Å². The average Bonchev–Trinajstić information content (AvgIpc) is 2.39. The Morgan fingerprint density at radius 2 is 1.50 bits per heavy atom. The molecule has 0 aromatic heterocycles. The highest BCUT2D eigenvalue weighted by molar-refractivity contribution is 7.65. The summed E-state index contributed by atoms with van der Waals surface area (Å²) >= 11 is 0. The van der Waals surface area contributed by atoms with Gasteiger partial charge in [-0.1, -0.05) is 71.7 Å². The van der Waals surface area contributed by atoms with Crippen LogP contribution in [0.15, 0.2) is 24.3 Å². The van der Waals surface area contributed by atoms with Gasteiger partial charge in [-0.2, -0.15) is 0 Å². The van der Waals surface area contributed by atoms with Gasteiger partial charge in [-0.3, -0.25) is 0 Å². The van der Waals surface area contributed by atoms with E-state index in [0.29, 0.717) is 0 Å². The van der Waals surface area contributed by atoms with Crippen LogP contribution >= 0.6 is 7.92 Å². The van der Waals surface area contributed by atoms with Crippen molar-refractivity contribution in [3.8, 4) is 0 Å². The largest absolute Gasteiger partial charge is 0.0750 e. The maximum atomic E-state index is 2.37. The van der Waals surface area contributed by atoms with Gasteiger partial charge in [0.2, 0.25) is 0 Å². The molecule has 1 aromatic rings. The van der Waals surface area contributed by atoms with Crippen molar-refractivity contribution in [3.63, 3.8) is 0 Å². The zero-order valence-corrected chi connectivity index (χ0v) is 13.3. The third-order valence-corrected chi connectivity index (χ3v) is 6.41. The fraction of sp³-hybridized carbons (Fsp3) is 0.647. The lowest BCUT2D eigenvalue weighted by atomic mass is 10.2. The van der Waals surface area contributed by atoms with Crippen LogP contribution < -0.4 is 5.30 Å². The van der Waals surface area contributed by atoms with Crippen molar-refractivity contribution < 1.29 is 0 Å². The highest BCUT2D eigenvalue weighted by Gasteiger charge is 2.11. The molecule has 1 unspecified atom stereocenters. The lowest BCUT2D eigenvalue weighted by Gasteiger charge is -2.20. The third kappa shape index (κ3) is 5.53. The van der Waals surface area contributed by atoms with E-state index in [9.17, 15) is 0 Å². The second-order valence-corrected chi connectivity index (χ2v) is 7.64. The second kappa shape index (κ2) is 9.56. The molecule has 1 rings (SSSR count). The summed E-state index contributed by atoms with van der Waals surface area (Å²) < 4.78 is 0. The summed E-state index contributed by atoms with van der Waals surface area (Å²) in [6.45, 7) is 6.88. The molecule has 1 atom stereocenters. The van der Waals surface area contributed by atoms with Gasteiger partial charge in [0.25, 0.3) is 0 Å². The summed E-state index contributed by atoms with van der Waals surface area (Å²) in [5.41, 5.74) is 1.51. The predicted molar refractivity (Wildman–Crippen MR) is 86.5 cm³/mol. The summed E-state index contributed by atoms with van der Waals surface area (Å²) in [5.74, 6) is 0. The zero-order valence-electron chi connectivity index (χ0n) is 12.4. The molecule has 102 valence electrons. The fourth-order valence-electron chi connectivity index (χ4n) is 2.35. The molecule has 1 heteroatoms. The van der Waals surface area contributed by atoms with Crippen LogP contribution in [0.25, 0.3) is 0 Å². The van der Waals surface area contributed by atoms with Gasteiger partial charge in [0, 0.05) is 0 Å². The second-order valence-electron chi connectivity index (χ2n) is 5.19. The minimum Gasteiger partial charge on any atom is -0.0750 e. The van der Waals surface area contributed by atoms with E-state index in [-0.39, 0.29) is 7.92 Å². The van der Waals surface area contributed by atoms with Crippen LogP contribution in [0.4, 0.5) is 0 Å². The van der Waals surface area contributed by atoms with Gasteiger partial charge in [-0.15, -0.1) is 0 Å². The number of benzene rings is 1. The van der Waals surface area contributed by atoms with Gasteiger partial charge in [0.05, 0.1) is 0 Å². The molecule has 1 aromatic carbocycles. The fourth-order valence-corrected chi connectivity index (χ4v) is 5.23. The molecule has 0 saturated heterocycles. The number of rotatable bonds is 9. The van der Waals surface area contributed by atoms with Crippen LogP contribution in [0.3, 0.4) is 0 Å². The molecule has 0 saturated carbocycles. The summed E-state index contributed by atoms with van der Waals surface area (Å²) in [4.78, 5) is 0. The van der Waals surface area contributed by atoms with E-state index < -0.39 is 0 Å². The average molecular weight is 264 g/mol. The lowest BCUT2D eigenvalue weighted by molar-refractivity contribution is 0.704. The van der Waals surface area contributed by atoms with Crippen molar-refractivity contribution >= 4 is 13.2 Å². The first-order valence-corrected chi connectivity index (χ1v) is 9.31. The molecule has 0 N–H and O–H groups in total. The molecular weight excluding hydrogens is 235 g/mol. The van der Waals surface area contributed by atoms with Crippen molar-refractivity contribution in [1.82, 2.24) is 0 Å². The SMILES string of the molecule is CCCCCCP(CCCC)c1ccccc1C. The minimum atomic E-state index is 0.101. The Balaban J connectivity index is 2.57. The van der Waals surface area contributed by atoms with Gasteiger partial charge >= 0.3 is 0 Å². The third-order valence-electron chi connectivity index (χ3n) is 3.52. The van der Waals surface area contributed by atoms with Crippen LogP contribution in [0, 0.1) is 6.92 Å². The Morgan fingerprint density at radius 1 is 0.833 bits per heavy atom. The molecule has 0 radical (unpaired) electrons. The van der Waals surface area contributed by atoms with E-state index in [2.05, 4.69) is 45.0 Å². The maximum absolute atomic E-state index is 2.37. The van der Waals surface area contributed by atoms with Crippen LogP contribution in [-0.4, -0.2) is 12.3 Å². The molecule has 18 heavy (non-hydrogen) atoms. The first kappa shape index (κ1) is 15.7. The number of aryl methyl sites for hydroxylation is 1. The van der Waals surface area contributed by atoms with Gasteiger partial charge in [-0.25, -0.2) is 0 Å². The van der Waals surface area contributed by atoms with E-state index in [1.54, 1.807) is 5.30 Å². The Bertz CT molecular complexity index is 319. The summed E-state index contributed by atoms with van der Waals surface area (Å²) in [6.07, 6.45) is 11.2. The smallest absolute Gasteiger partial charge is 0.0211 e. The lowest BCUT2D eigenvalue weighted by Crippen LogP contribution is -2.10. The molecule has 0 spiro atoms. The Labute approximate surface area is 115 Å². The first-order chi connectivity index (χ1) is 8.79. The number of hydrogen-bond acceptors (Lipinski definition) is 0. The van der Waals surface area contributed by atoms with Crippen LogP contribution in [-0.2, 0) is 0 Å². The minimum absolute atomic E-state index is 0.101. The van der Waals surface area contributed by atoms with Crippen LogP contribution in [0.2, 0.25) is 0 Å². The molecule has 0 heterocycles. The van der Waals surface area contributed by atoms with Crippen molar-refractivity contribution in [2.45, 2.75) is 59.3 Å². The Hall–Kier alpha value is -0.350. The van der Waals surface area contributed by atoms with E-state index >= 15 is 0 Å². The highest BCUT2D eigenvalue weighted by atomic mass is 31.1. The molecule has 0 aliphatic rings. The molecule has 0 nitrogen and oxygen atoms in total. The van der Waals surface area contributed by atoms with Crippen LogP contribution in [0.5, 0.6) is 0 Å². The number of unbranched alkanes of at least 4 members (excludes halogenated alkanes) is 4. The van der Waals surface area contributed by atoms with E-state index in [4.69, 9.17) is 0 Å². The standard InChI is InChI=1S/C17H29P/c1-4-6-8-11-15-18(14-7-5-2)17-13-10-9-12-16(17)3/h9-10,12-13H,4-8,11,14-15H2,1-3H3. The zero-order chi connectivity index (χ0) is 13.2. The number of hydrogen-bond donors (Lipinski definition) is 0. The molecule has 0 aliphatic carbocycles. The summed E-state index contributed by atoms with van der Waals surface area (Å²) in [7, 11) is 0.101. The molecule has 0 fully saturated rings. The predicted octanol–water partition coefficient (Wildman–Crippen LogP) is 5.48. The molecular formula is C17H29P. The van der Waals surface area contributed by atoms with Crippen molar-refractivity contribution in [2.24, 2.45) is 0 Å². The summed E-state index contributed by atoms with van der Waals surface area (Å²) in [6, 6.07) is 9.04. The maximum Gasteiger partial charge on any atom is -0.0211 e. The topological polar surface area (TPSA) is 0 Å². The Morgan fingerprint density at radius 3 is 2.17 bits per heavy atom. The van der Waals surface area contributed by atoms with Crippen molar-refractivity contribution in [1.29, 1.82) is 0 Å². The Kier molecular flexibility index (Phi) is 8.34. The van der Waals surface area contributed by atoms with E-state index in [1.807, 2.05) is 0 Å². The van der Waals surface area contributed by atoms with E-state index in [1.165, 1.54) is 56.4 Å². The van der Waals surface area contributed by atoms with Crippen molar-refractivity contribution in [2.75, 3.05) is 12.3 Å². The molecule has 0 aliphatic heterocycles. The molecule has 0 bridgehead atoms. The first-order valence-electron chi connectivity index (χ1n) is 7.60. The van der Waals surface area contributed by atoms with Gasteiger partial charge < -0.3 is 0 Å². The van der Waals surface area contributed by atoms with Crippen LogP contribution in [0.1, 0.15) is 57.9 Å². The van der Waals surface area contributed by atoms with Gasteiger partial charge in [0.15, 0.2) is 0 Å². The monoisotopic (exact) mass is 264 g/mol. The quantitative estimate of drug-likeness (QED) is 0.409. The van der Waals surface area contributed by atoms with E-state index in [0.717, 1.165) is 0 Å². The summed E-state index contributed by atoms with van der Waals surface area (Å²) in [5, 5.41) is 1.66. The normalized spacial score (nSPS) is 12.6. The molecule has 0 amide bonds.